The Hall–Kier alpha value is -1.85. The van der Waals surface area contributed by atoms with Gasteiger partial charge in [-0.05, 0) is 26.0 Å². The van der Waals surface area contributed by atoms with Crippen LogP contribution in [0.5, 0.6) is 0 Å². The van der Waals surface area contributed by atoms with Gasteiger partial charge in [0.2, 0.25) is 0 Å². The molecule has 0 atom stereocenters. The van der Waals surface area contributed by atoms with Gasteiger partial charge in [0.1, 0.15) is 5.82 Å². The second kappa shape index (κ2) is 5.20. The quantitative estimate of drug-likeness (QED) is 0.617. The lowest BCUT2D eigenvalue weighted by Gasteiger charge is -2.16. The van der Waals surface area contributed by atoms with Crippen LogP contribution in [-0.4, -0.2) is 18.4 Å². The Bertz CT molecular complexity index is 483. The molecule has 1 aromatic rings. The molecule has 0 aliphatic heterocycles. The highest BCUT2D eigenvalue weighted by Gasteiger charge is 2.45. The first-order chi connectivity index (χ1) is 8.32. The fourth-order valence-corrected chi connectivity index (χ4v) is 1.38. The van der Waals surface area contributed by atoms with Crippen molar-refractivity contribution in [3.05, 3.63) is 35.1 Å². The zero-order valence-corrected chi connectivity index (χ0v) is 9.80. The molecular weight excluding hydrogens is 249 g/mol. The van der Waals surface area contributed by atoms with Crippen molar-refractivity contribution < 1.29 is 27.5 Å². The first-order valence-electron chi connectivity index (χ1n) is 5.17. The average Bonchev–Trinajstić information content (AvgIpc) is 2.28. The Morgan fingerprint density at radius 3 is 2.44 bits per heavy atom. The van der Waals surface area contributed by atoms with Gasteiger partial charge in [0.15, 0.2) is 5.78 Å². The van der Waals surface area contributed by atoms with Crippen LogP contribution < -0.4 is 0 Å². The van der Waals surface area contributed by atoms with Crippen LogP contribution in [0, 0.1) is 5.82 Å². The van der Waals surface area contributed by atoms with Crippen molar-refractivity contribution in [2.24, 2.45) is 0 Å². The lowest BCUT2D eigenvalue weighted by Crippen LogP contribution is -2.29. The second-order valence-corrected chi connectivity index (χ2v) is 3.52. The lowest BCUT2D eigenvalue weighted by molar-refractivity contribution is -0.173. The Kier molecular flexibility index (Phi) is 4.11. The maximum Gasteiger partial charge on any atom is 0.382 e. The molecule has 0 saturated heterocycles. The minimum Gasteiger partial charge on any atom is -0.461 e. The summed E-state index contributed by atoms with van der Waals surface area (Å²) in [5.41, 5.74) is -1.65. The lowest BCUT2D eigenvalue weighted by atomic mass is 10.0. The molecule has 0 aliphatic rings. The largest absolute Gasteiger partial charge is 0.461 e. The zero-order chi connectivity index (χ0) is 13.9. The number of benzene rings is 1. The number of carbonyl (C=O) groups excluding carboxylic acids is 2. The van der Waals surface area contributed by atoms with E-state index in [4.69, 9.17) is 0 Å². The molecule has 6 heteroatoms. The van der Waals surface area contributed by atoms with E-state index in [2.05, 4.69) is 4.74 Å². The minimum absolute atomic E-state index is 0.248. The van der Waals surface area contributed by atoms with Crippen molar-refractivity contribution in [1.29, 1.82) is 0 Å². The summed E-state index contributed by atoms with van der Waals surface area (Å²) in [5.74, 6) is -8.06. The molecule has 3 nitrogen and oxygen atoms in total. The van der Waals surface area contributed by atoms with Crippen LogP contribution in [0.15, 0.2) is 18.2 Å². The van der Waals surface area contributed by atoms with Crippen LogP contribution in [0.4, 0.5) is 13.2 Å². The third kappa shape index (κ3) is 2.52. The van der Waals surface area contributed by atoms with Crippen molar-refractivity contribution in [3.63, 3.8) is 0 Å². The van der Waals surface area contributed by atoms with Gasteiger partial charge in [-0.2, -0.15) is 8.78 Å². The van der Waals surface area contributed by atoms with Gasteiger partial charge in [0.05, 0.1) is 17.7 Å². The number of hydrogen-bond acceptors (Lipinski definition) is 3. The smallest absolute Gasteiger partial charge is 0.382 e. The van der Waals surface area contributed by atoms with E-state index in [-0.39, 0.29) is 6.61 Å². The number of ether oxygens (including phenoxy) is 1. The summed E-state index contributed by atoms with van der Waals surface area (Å²) in [6.45, 7) is 2.16. The maximum absolute atomic E-state index is 13.7. The molecule has 0 saturated carbocycles. The van der Waals surface area contributed by atoms with Gasteiger partial charge in [-0.3, -0.25) is 4.79 Å². The second-order valence-electron chi connectivity index (χ2n) is 3.52. The molecule has 18 heavy (non-hydrogen) atoms. The molecule has 0 bridgehead atoms. The molecule has 0 aromatic heterocycles. The van der Waals surface area contributed by atoms with E-state index >= 15 is 0 Å². The Balaban J connectivity index is 3.29. The SMILES string of the molecule is CCOC(=O)C(F)(F)c1cccc(C(C)=O)c1F. The molecular formula is C12H11F3O3. The monoisotopic (exact) mass is 260 g/mol. The summed E-state index contributed by atoms with van der Waals surface area (Å²) < 4.78 is 45.1. The summed E-state index contributed by atoms with van der Waals surface area (Å²) in [6.07, 6.45) is 0. The van der Waals surface area contributed by atoms with Gasteiger partial charge in [-0.15, -0.1) is 0 Å². The predicted molar refractivity (Wildman–Crippen MR) is 56.9 cm³/mol. The average molecular weight is 260 g/mol. The number of ketones is 1. The standard InChI is InChI=1S/C12H11F3O3/c1-3-18-11(17)12(14,15)9-6-4-5-8(7(2)16)10(9)13/h4-6H,3H2,1-2H3. The van der Waals surface area contributed by atoms with Crippen LogP contribution in [0.2, 0.25) is 0 Å². The number of hydrogen-bond donors (Lipinski definition) is 0. The first-order valence-corrected chi connectivity index (χ1v) is 5.17. The fourth-order valence-electron chi connectivity index (χ4n) is 1.38. The van der Waals surface area contributed by atoms with E-state index in [0.29, 0.717) is 0 Å². The summed E-state index contributed by atoms with van der Waals surface area (Å²) in [6, 6.07) is 2.91. The molecule has 0 spiro atoms. The van der Waals surface area contributed by atoms with Crippen molar-refractivity contribution >= 4 is 11.8 Å². The predicted octanol–water partition coefficient (Wildman–Crippen LogP) is 2.68. The van der Waals surface area contributed by atoms with E-state index in [9.17, 15) is 22.8 Å². The van der Waals surface area contributed by atoms with Gasteiger partial charge in [0.25, 0.3) is 0 Å². The number of alkyl halides is 2. The van der Waals surface area contributed by atoms with E-state index < -0.39 is 34.6 Å². The summed E-state index contributed by atoms with van der Waals surface area (Å²) >= 11 is 0. The number of esters is 1. The fraction of sp³-hybridized carbons (Fsp3) is 0.333. The summed E-state index contributed by atoms with van der Waals surface area (Å²) in [4.78, 5) is 22.1. The number of halogens is 3. The van der Waals surface area contributed by atoms with E-state index in [1.165, 1.54) is 6.92 Å². The molecule has 98 valence electrons. The Labute approximate surface area is 102 Å². The number of Topliss-reactive ketones (excluding diaryl/α,β-unsaturated/α-hetero) is 1. The number of carbonyl (C=O) groups is 2. The molecule has 1 aromatic carbocycles. The molecule has 0 aliphatic carbocycles. The summed E-state index contributed by atoms with van der Waals surface area (Å²) in [7, 11) is 0. The van der Waals surface area contributed by atoms with Gasteiger partial charge in [-0.1, -0.05) is 6.07 Å². The Morgan fingerprint density at radius 2 is 1.94 bits per heavy atom. The van der Waals surface area contributed by atoms with E-state index in [1.807, 2.05) is 0 Å². The molecule has 0 fully saturated rings. The van der Waals surface area contributed by atoms with Gasteiger partial charge >= 0.3 is 11.9 Å². The van der Waals surface area contributed by atoms with Crippen molar-refractivity contribution in [2.75, 3.05) is 6.61 Å². The van der Waals surface area contributed by atoms with Crippen molar-refractivity contribution in [3.8, 4) is 0 Å². The van der Waals surface area contributed by atoms with Crippen LogP contribution >= 0.6 is 0 Å². The van der Waals surface area contributed by atoms with Crippen LogP contribution in [-0.2, 0) is 15.5 Å². The minimum atomic E-state index is -4.12. The van der Waals surface area contributed by atoms with Crippen LogP contribution in [0.25, 0.3) is 0 Å². The number of rotatable bonds is 4. The molecule has 0 amide bonds. The molecule has 0 unspecified atom stereocenters. The van der Waals surface area contributed by atoms with Crippen molar-refractivity contribution in [2.45, 2.75) is 19.8 Å². The van der Waals surface area contributed by atoms with Crippen molar-refractivity contribution in [1.82, 2.24) is 0 Å². The molecule has 0 N–H and O–H groups in total. The third-order valence-corrected chi connectivity index (χ3v) is 2.25. The van der Waals surface area contributed by atoms with Gasteiger partial charge in [0, 0.05) is 0 Å². The topological polar surface area (TPSA) is 43.4 Å². The van der Waals surface area contributed by atoms with Crippen LogP contribution in [0.1, 0.15) is 29.8 Å². The van der Waals surface area contributed by atoms with Crippen LogP contribution in [0.3, 0.4) is 0 Å². The van der Waals surface area contributed by atoms with Gasteiger partial charge in [-0.25, -0.2) is 9.18 Å². The highest BCUT2D eigenvalue weighted by atomic mass is 19.3. The normalized spacial score (nSPS) is 11.2. The van der Waals surface area contributed by atoms with Gasteiger partial charge < -0.3 is 4.74 Å². The molecule has 0 radical (unpaired) electrons. The highest BCUT2D eigenvalue weighted by Crippen LogP contribution is 2.32. The molecule has 0 heterocycles. The highest BCUT2D eigenvalue weighted by molar-refractivity contribution is 5.95. The zero-order valence-electron chi connectivity index (χ0n) is 9.80. The first kappa shape index (κ1) is 14.2. The Morgan fingerprint density at radius 1 is 1.33 bits per heavy atom. The third-order valence-electron chi connectivity index (χ3n) is 2.25. The van der Waals surface area contributed by atoms with E-state index in [1.54, 1.807) is 0 Å². The summed E-state index contributed by atoms with van der Waals surface area (Å²) in [5, 5.41) is 0. The molecule has 1 rings (SSSR count). The maximum atomic E-state index is 13.7. The van der Waals surface area contributed by atoms with E-state index in [0.717, 1.165) is 25.1 Å².